The summed E-state index contributed by atoms with van der Waals surface area (Å²) in [5.41, 5.74) is 6.20. The van der Waals surface area contributed by atoms with Crippen LogP contribution in [0.2, 0.25) is 0 Å². The van der Waals surface area contributed by atoms with Gasteiger partial charge in [0.2, 0.25) is 0 Å². The second-order valence-corrected chi connectivity index (χ2v) is 5.61. The summed E-state index contributed by atoms with van der Waals surface area (Å²) >= 11 is 0. The molecule has 1 aromatic heterocycles. The highest BCUT2D eigenvalue weighted by molar-refractivity contribution is 5.65. The van der Waals surface area contributed by atoms with E-state index in [1.807, 2.05) is 6.20 Å². The first-order chi connectivity index (χ1) is 10.0. The first kappa shape index (κ1) is 15.5. The molecule has 1 heterocycles. The first-order valence-electron chi connectivity index (χ1n) is 7.50. The van der Waals surface area contributed by atoms with Crippen LogP contribution in [0.5, 0.6) is 0 Å². The number of benzene rings is 1. The number of nitrogens with one attached hydrogen (secondary N) is 1. The Morgan fingerprint density at radius 3 is 2.48 bits per heavy atom. The molecule has 1 aromatic carbocycles. The summed E-state index contributed by atoms with van der Waals surface area (Å²) in [6, 6.07) is 8.73. The van der Waals surface area contributed by atoms with Gasteiger partial charge in [0.05, 0.1) is 0 Å². The highest BCUT2D eigenvalue weighted by Gasteiger charge is 2.11. The predicted molar refractivity (Wildman–Crippen MR) is 90.3 cm³/mol. The first-order valence-corrected chi connectivity index (χ1v) is 7.50. The lowest BCUT2D eigenvalue weighted by atomic mass is 10.1. The molecular weight excluding hydrogens is 258 g/mol. The van der Waals surface area contributed by atoms with Gasteiger partial charge >= 0.3 is 0 Å². The molecule has 0 atom stereocenters. The van der Waals surface area contributed by atoms with Crippen molar-refractivity contribution < 1.29 is 0 Å². The molecule has 0 unspecified atom stereocenters. The third-order valence-electron chi connectivity index (χ3n) is 3.72. The van der Waals surface area contributed by atoms with Gasteiger partial charge in [-0.15, -0.1) is 0 Å². The Morgan fingerprint density at radius 1 is 1.10 bits per heavy atom. The average Bonchev–Trinajstić information content (AvgIpc) is 2.44. The van der Waals surface area contributed by atoms with E-state index in [-0.39, 0.29) is 0 Å². The van der Waals surface area contributed by atoms with Crippen LogP contribution < -0.4 is 10.2 Å². The van der Waals surface area contributed by atoms with E-state index in [1.54, 1.807) is 0 Å². The minimum Gasteiger partial charge on any atom is -0.329 e. The summed E-state index contributed by atoms with van der Waals surface area (Å²) in [5, 5.41) is 3.33. The maximum absolute atomic E-state index is 4.66. The Bertz CT molecular complexity index is 620. The van der Waals surface area contributed by atoms with E-state index in [9.17, 15) is 0 Å². The molecule has 3 nitrogen and oxygen atoms in total. The third-order valence-corrected chi connectivity index (χ3v) is 3.72. The van der Waals surface area contributed by atoms with Crippen LogP contribution in [0, 0.1) is 20.8 Å². The molecule has 3 heteroatoms. The van der Waals surface area contributed by atoms with Gasteiger partial charge in [0, 0.05) is 25.5 Å². The van der Waals surface area contributed by atoms with Crippen molar-refractivity contribution in [2.24, 2.45) is 0 Å². The SMILES string of the molecule is CCNCc1cnc(N(C)c2ccc(C)cc2C)c(C)c1. The van der Waals surface area contributed by atoms with Crippen molar-refractivity contribution in [2.75, 3.05) is 18.5 Å². The number of hydrogen-bond donors (Lipinski definition) is 1. The Kier molecular flexibility index (Phi) is 4.97. The van der Waals surface area contributed by atoms with E-state index in [4.69, 9.17) is 0 Å². The minimum absolute atomic E-state index is 0.873. The van der Waals surface area contributed by atoms with E-state index in [0.29, 0.717) is 0 Å². The molecule has 0 saturated carbocycles. The Labute approximate surface area is 128 Å². The predicted octanol–water partition coefficient (Wildman–Crippen LogP) is 3.88. The number of nitrogens with zero attached hydrogens (tertiary/aromatic N) is 2. The lowest BCUT2D eigenvalue weighted by Gasteiger charge is -2.23. The average molecular weight is 283 g/mol. The molecule has 0 aliphatic rings. The van der Waals surface area contributed by atoms with Crippen LogP contribution in [0.15, 0.2) is 30.5 Å². The van der Waals surface area contributed by atoms with Gasteiger partial charge in [-0.3, -0.25) is 0 Å². The van der Waals surface area contributed by atoms with Gasteiger partial charge in [0.1, 0.15) is 5.82 Å². The molecule has 1 N–H and O–H groups in total. The van der Waals surface area contributed by atoms with E-state index >= 15 is 0 Å². The highest BCUT2D eigenvalue weighted by atomic mass is 15.2. The van der Waals surface area contributed by atoms with Crippen molar-refractivity contribution in [1.29, 1.82) is 0 Å². The molecular formula is C18H25N3. The highest BCUT2D eigenvalue weighted by Crippen LogP contribution is 2.28. The van der Waals surface area contributed by atoms with Gasteiger partial charge in [-0.25, -0.2) is 4.98 Å². The molecule has 0 aliphatic heterocycles. The monoisotopic (exact) mass is 283 g/mol. The van der Waals surface area contributed by atoms with E-state index in [0.717, 1.165) is 18.9 Å². The van der Waals surface area contributed by atoms with Crippen molar-refractivity contribution in [3.63, 3.8) is 0 Å². The van der Waals surface area contributed by atoms with Gasteiger partial charge in [-0.1, -0.05) is 24.6 Å². The van der Waals surface area contributed by atoms with Crippen LogP contribution >= 0.6 is 0 Å². The lowest BCUT2D eigenvalue weighted by Crippen LogP contribution is -2.16. The third kappa shape index (κ3) is 3.61. The van der Waals surface area contributed by atoms with Crippen molar-refractivity contribution >= 4 is 11.5 Å². The summed E-state index contributed by atoms with van der Waals surface area (Å²) < 4.78 is 0. The van der Waals surface area contributed by atoms with Crippen LogP contribution in [0.3, 0.4) is 0 Å². The maximum Gasteiger partial charge on any atom is 0.135 e. The quantitative estimate of drug-likeness (QED) is 0.902. The fourth-order valence-corrected chi connectivity index (χ4v) is 2.64. The normalized spacial score (nSPS) is 10.7. The molecule has 0 aliphatic carbocycles. The number of hydrogen-bond acceptors (Lipinski definition) is 3. The minimum atomic E-state index is 0.873. The zero-order valence-corrected chi connectivity index (χ0v) is 13.7. The molecule has 0 bridgehead atoms. The molecule has 21 heavy (non-hydrogen) atoms. The molecule has 0 amide bonds. The molecule has 0 saturated heterocycles. The zero-order valence-electron chi connectivity index (χ0n) is 13.7. The molecule has 0 radical (unpaired) electrons. The van der Waals surface area contributed by atoms with Gasteiger partial charge in [-0.2, -0.15) is 0 Å². The molecule has 112 valence electrons. The zero-order chi connectivity index (χ0) is 15.4. The van der Waals surface area contributed by atoms with Crippen LogP contribution in [-0.2, 0) is 6.54 Å². The number of aromatic nitrogens is 1. The lowest BCUT2D eigenvalue weighted by molar-refractivity contribution is 0.723. The smallest absolute Gasteiger partial charge is 0.135 e. The van der Waals surface area contributed by atoms with Crippen LogP contribution in [0.1, 0.15) is 29.2 Å². The largest absolute Gasteiger partial charge is 0.329 e. The Balaban J connectivity index is 2.28. The van der Waals surface area contributed by atoms with Crippen LogP contribution in [0.25, 0.3) is 0 Å². The van der Waals surface area contributed by atoms with Crippen molar-refractivity contribution in [1.82, 2.24) is 10.3 Å². The number of aryl methyl sites for hydroxylation is 3. The Morgan fingerprint density at radius 2 is 1.86 bits per heavy atom. The molecule has 0 fully saturated rings. The number of anilines is 2. The standard InChI is InChI=1S/C18H25N3/c1-6-19-11-16-10-15(4)18(20-12-16)21(5)17-8-7-13(2)9-14(17)3/h7-10,12,19H,6,11H2,1-5H3. The van der Waals surface area contributed by atoms with E-state index in [1.165, 1.54) is 27.9 Å². The fraction of sp³-hybridized carbons (Fsp3) is 0.389. The van der Waals surface area contributed by atoms with Crippen molar-refractivity contribution in [2.45, 2.75) is 34.2 Å². The van der Waals surface area contributed by atoms with E-state index < -0.39 is 0 Å². The Hall–Kier alpha value is -1.87. The summed E-state index contributed by atoms with van der Waals surface area (Å²) in [6.45, 7) is 10.4. The van der Waals surface area contributed by atoms with Crippen LogP contribution in [0.4, 0.5) is 11.5 Å². The second-order valence-electron chi connectivity index (χ2n) is 5.61. The van der Waals surface area contributed by atoms with Gasteiger partial charge in [-0.05, 0) is 56.1 Å². The molecule has 2 rings (SSSR count). The van der Waals surface area contributed by atoms with Crippen LogP contribution in [-0.4, -0.2) is 18.6 Å². The fourth-order valence-electron chi connectivity index (χ4n) is 2.64. The summed E-state index contributed by atoms with van der Waals surface area (Å²) in [6.07, 6.45) is 1.96. The van der Waals surface area contributed by atoms with Crippen molar-refractivity contribution in [3.8, 4) is 0 Å². The van der Waals surface area contributed by atoms with Gasteiger partial charge in [0.15, 0.2) is 0 Å². The summed E-state index contributed by atoms with van der Waals surface area (Å²) in [5.74, 6) is 1.02. The second kappa shape index (κ2) is 6.72. The topological polar surface area (TPSA) is 28.2 Å². The maximum atomic E-state index is 4.66. The van der Waals surface area contributed by atoms with Gasteiger partial charge < -0.3 is 10.2 Å². The summed E-state index contributed by atoms with van der Waals surface area (Å²) in [4.78, 5) is 6.82. The number of pyridine rings is 1. The molecule has 2 aromatic rings. The summed E-state index contributed by atoms with van der Waals surface area (Å²) in [7, 11) is 2.08. The van der Waals surface area contributed by atoms with E-state index in [2.05, 4.69) is 74.2 Å². The van der Waals surface area contributed by atoms with Gasteiger partial charge in [0.25, 0.3) is 0 Å². The van der Waals surface area contributed by atoms with Crippen molar-refractivity contribution in [3.05, 3.63) is 52.7 Å². The molecule has 0 spiro atoms. The number of rotatable bonds is 5.